The molecule has 0 bridgehead atoms. The summed E-state index contributed by atoms with van der Waals surface area (Å²) in [4.78, 5) is 14.7. The molecule has 108 valence electrons. The third-order valence-electron chi connectivity index (χ3n) is 4.65. The Morgan fingerprint density at radius 2 is 2.10 bits per heavy atom. The number of carbonyl (C=O) groups is 1. The van der Waals surface area contributed by atoms with E-state index in [1.54, 1.807) is 19.2 Å². The molecular formula is C15H21N3O2. The molecule has 5 nitrogen and oxygen atoms in total. The van der Waals surface area contributed by atoms with Crippen molar-refractivity contribution in [2.24, 2.45) is 5.92 Å². The number of amides is 1. The van der Waals surface area contributed by atoms with E-state index in [4.69, 9.17) is 4.74 Å². The van der Waals surface area contributed by atoms with E-state index in [1.165, 1.54) is 19.3 Å². The van der Waals surface area contributed by atoms with Gasteiger partial charge in [0.05, 0.1) is 7.11 Å². The van der Waals surface area contributed by atoms with Gasteiger partial charge in [-0.3, -0.25) is 4.79 Å². The molecule has 1 aromatic rings. The normalized spacial score (nSPS) is 29.1. The smallest absolute Gasteiger partial charge is 0.274 e. The molecule has 2 heterocycles. The Balaban J connectivity index is 1.81. The van der Waals surface area contributed by atoms with Crippen molar-refractivity contribution >= 4 is 5.91 Å². The van der Waals surface area contributed by atoms with Crippen molar-refractivity contribution in [1.29, 1.82) is 0 Å². The minimum Gasteiger partial charge on any atom is -0.480 e. The summed E-state index contributed by atoms with van der Waals surface area (Å²) in [6.45, 7) is 2.15. The minimum atomic E-state index is 0.0158. The van der Waals surface area contributed by atoms with E-state index in [2.05, 4.69) is 17.1 Å². The van der Waals surface area contributed by atoms with Crippen molar-refractivity contribution in [3.05, 3.63) is 17.8 Å². The quantitative estimate of drug-likeness (QED) is 0.831. The summed E-state index contributed by atoms with van der Waals surface area (Å²) in [7, 11) is 1.54. The Morgan fingerprint density at radius 1 is 1.30 bits per heavy atom. The predicted molar refractivity (Wildman–Crippen MR) is 74.6 cm³/mol. The van der Waals surface area contributed by atoms with Crippen LogP contribution in [0.25, 0.3) is 0 Å². The zero-order valence-corrected chi connectivity index (χ0v) is 12.1. The number of rotatable bonds is 2. The molecule has 1 aliphatic carbocycles. The Bertz CT molecular complexity index is 488. The number of likely N-dealkylation sites (tertiary alicyclic amines) is 1. The van der Waals surface area contributed by atoms with E-state index >= 15 is 0 Å². The average Bonchev–Trinajstić information content (AvgIpc) is 2.82. The molecule has 1 saturated heterocycles. The van der Waals surface area contributed by atoms with Gasteiger partial charge in [-0.2, -0.15) is 0 Å². The number of hydrogen-bond donors (Lipinski definition) is 0. The van der Waals surface area contributed by atoms with Gasteiger partial charge in [0.15, 0.2) is 5.69 Å². The lowest BCUT2D eigenvalue weighted by atomic mass is 9.85. The summed E-state index contributed by atoms with van der Waals surface area (Å²) in [6.07, 6.45) is 6.04. The standard InChI is InChI=1S/C15H21N3O2/c1-10-9-11-5-3-4-6-13(11)18(10)15(19)12-7-8-14(20-2)17-16-12/h7-8,10-11,13H,3-6,9H2,1-2H3/t10-,11+,13-/m0/s1. The molecule has 2 aliphatic rings. The van der Waals surface area contributed by atoms with Crippen LogP contribution in [-0.2, 0) is 0 Å². The second-order valence-electron chi connectivity index (χ2n) is 5.87. The third-order valence-corrected chi connectivity index (χ3v) is 4.65. The Labute approximate surface area is 119 Å². The van der Waals surface area contributed by atoms with E-state index in [1.807, 2.05) is 4.90 Å². The largest absolute Gasteiger partial charge is 0.480 e. The molecule has 0 unspecified atom stereocenters. The topological polar surface area (TPSA) is 55.3 Å². The highest BCUT2D eigenvalue weighted by molar-refractivity contribution is 5.92. The predicted octanol–water partition coefficient (Wildman–Crippen LogP) is 2.28. The van der Waals surface area contributed by atoms with Crippen LogP contribution in [0, 0.1) is 5.92 Å². The monoisotopic (exact) mass is 275 g/mol. The molecule has 1 saturated carbocycles. The van der Waals surface area contributed by atoms with Crippen LogP contribution >= 0.6 is 0 Å². The fourth-order valence-electron chi connectivity index (χ4n) is 3.73. The van der Waals surface area contributed by atoms with Crippen LogP contribution < -0.4 is 4.74 Å². The minimum absolute atomic E-state index is 0.0158. The van der Waals surface area contributed by atoms with Crippen LogP contribution in [0.5, 0.6) is 5.88 Å². The molecule has 0 aromatic carbocycles. The van der Waals surface area contributed by atoms with Crippen LogP contribution in [0.3, 0.4) is 0 Å². The second-order valence-corrected chi connectivity index (χ2v) is 5.87. The van der Waals surface area contributed by atoms with Crippen LogP contribution in [0.4, 0.5) is 0 Å². The molecule has 3 atom stereocenters. The lowest BCUT2D eigenvalue weighted by molar-refractivity contribution is 0.0626. The highest BCUT2D eigenvalue weighted by Crippen LogP contribution is 2.40. The van der Waals surface area contributed by atoms with Gasteiger partial charge in [-0.25, -0.2) is 0 Å². The first kappa shape index (κ1) is 13.3. The molecular weight excluding hydrogens is 254 g/mol. The number of nitrogens with zero attached hydrogens (tertiary/aromatic N) is 3. The summed E-state index contributed by atoms with van der Waals surface area (Å²) < 4.78 is 4.98. The van der Waals surface area contributed by atoms with Crippen molar-refractivity contribution in [2.75, 3.05) is 7.11 Å². The molecule has 2 fully saturated rings. The van der Waals surface area contributed by atoms with Crippen molar-refractivity contribution in [3.63, 3.8) is 0 Å². The van der Waals surface area contributed by atoms with Crippen LogP contribution in [0.2, 0.25) is 0 Å². The van der Waals surface area contributed by atoms with E-state index in [9.17, 15) is 4.79 Å². The molecule has 1 aromatic heterocycles. The van der Waals surface area contributed by atoms with Crippen molar-refractivity contribution in [3.8, 4) is 5.88 Å². The SMILES string of the molecule is COc1ccc(C(=O)N2[C@@H](C)C[C@H]3CCCC[C@@H]32)nn1. The van der Waals surface area contributed by atoms with Crippen LogP contribution in [0.15, 0.2) is 12.1 Å². The van der Waals surface area contributed by atoms with Crippen molar-refractivity contribution in [2.45, 2.75) is 51.1 Å². The summed E-state index contributed by atoms with van der Waals surface area (Å²) in [5.41, 5.74) is 0.420. The van der Waals surface area contributed by atoms with Crippen molar-refractivity contribution < 1.29 is 9.53 Å². The molecule has 20 heavy (non-hydrogen) atoms. The Morgan fingerprint density at radius 3 is 2.80 bits per heavy atom. The maximum absolute atomic E-state index is 12.7. The van der Waals surface area contributed by atoms with Crippen molar-refractivity contribution in [1.82, 2.24) is 15.1 Å². The van der Waals surface area contributed by atoms with Crippen LogP contribution in [0.1, 0.15) is 49.5 Å². The van der Waals surface area contributed by atoms with Gasteiger partial charge in [-0.05, 0) is 38.2 Å². The zero-order chi connectivity index (χ0) is 14.1. The maximum atomic E-state index is 12.7. The lowest BCUT2D eigenvalue weighted by Gasteiger charge is -2.32. The first-order valence-corrected chi connectivity index (χ1v) is 7.41. The summed E-state index contributed by atoms with van der Waals surface area (Å²) in [5.74, 6) is 1.13. The molecule has 1 amide bonds. The summed E-state index contributed by atoms with van der Waals surface area (Å²) in [5, 5.41) is 7.90. The number of methoxy groups -OCH3 is 1. The van der Waals surface area contributed by atoms with Gasteiger partial charge >= 0.3 is 0 Å². The van der Waals surface area contributed by atoms with Gasteiger partial charge in [0.25, 0.3) is 5.91 Å². The highest BCUT2D eigenvalue weighted by Gasteiger charge is 2.43. The molecule has 0 N–H and O–H groups in total. The maximum Gasteiger partial charge on any atom is 0.274 e. The molecule has 0 radical (unpaired) electrons. The summed E-state index contributed by atoms with van der Waals surface area (Å²) >= 11 is 0. The van der Waals surface area contributed by atoms with Gasteiger partial charge in [0, 0.05) is 18.2 Å². The Hall–Kier alpha value is -1.65. The van der Waals surface area contributed by atoms with E-state index in [0.29, 0.717) is 29.6 Å². The summed E-state index contributed by atoms with van der Waals surface area (Å²) in [6, 6.07) is 4.10. The van der Waals surface area contributed by atoms with E-state index in [0.717, 1.165) is 12.8 Å². The average molecular weight is 275 g/mol. The highest BCUT2D eigenvalue weighted by atomic mass is 16.5. The first-order valence-electron chi connectivity index (χ1n) is 7.41. The zero-order valence-electron chi connectivity index (χ0n) is 12.1. The number of ether oxygens (including phenoxy) is 1. The number of hydrogen-bond acceptors (Lipinski definition) is 4. The van der Waals surface area contributed by atoms with Gasteiger partial charge in [0.1, 0.15) is 0 Å². The van der Waals surface area contributed by atoms with E-state index in [-0.39, 0.29) is 5.91 Å². The van der Waals surface area contributed by atoms with E-state index < -0.39 is 0 Å². The molecule has 3 rings (SSSR count). The number of carbonyl (C=O) groups excluding carboxylic acids is 1. The number of aromatic nitrogens is 2. The first-order chi connectivity index (χ1) is 9.70. The fourth-order valence-corrected chi connectivity index (χ4v) is 3.73. The third kappa shape index (κ3) is 2.25. The van der Waals surface area contributed by atoms with Gasteiger partial charge in [0.2, 0.25) is 5.88 Å². The van der Waals surface area contributed by atoms with Crippen LogP contribution in [-0.4, -0.2) is 40.2 Å². The number of fused-ring (bicyclic) bond motifs is 1. The Kier molecular flexibility index (Phi) is 3.59. The lowest BCUT2D eigenvalue weighted by Crippen LogP contribution is -2.42. The molecule has 1 aliphatic heterocycles. The molecule has 0 spiro atoms. The fraction of sp³-hybridized carbons (Fsp3) is 0.667. The van der Waals surface area contributed by atoms with Gasteiger partial charge in [-0.15, -0.1) is 10.2 Å². The second kappa shape index (κ2) is 5.38. The molecule has 5 heteroatoms. The van der Waals surface area contributed by atoms with Gasteiger partial charge < -0.3 is 9.64 Å². The van der Waals surface area contributed by atoms with Gasteiger partial charge in [-0.1, -0.05) is 12.8 Å².